The predicted octanol–water partition coefficient (Wildman–Crippen LogP) is 3.54. The molecule has 1 amide bonds. The molecule has 7 heteroatoms. The average molecular weight is 328 g/mol. The van der Waals surface area contributed by atoms with Crippen molar-refractivity contribution in [2.24, 2.45) is 0 Å². The van der Waals surface area contributed by atoms with Crippen LogP contribution in [-0.4, -0.2) is 22.0 Å². The molecule has 0 aliphatic carbocycles. The van der Waals surface area contributed by atoms with Gasteiger partial charge in [-0.05, 0) is 5.56 Å². The lowest BCUT2D eigenvalue weighted by molar-refractivity contribution is -0.115. The Morgan fingerprint density at radius 3 is 2.80 bits per heavy atom. The molecule has 20 heavy (non-hydrogen) atoms. The largest absolute Gasteiger partial charge is 0.300 e. The minimum Gasteiger partial charge on any atom is -0.300 e. The van der Waals surface area contributed by atoms with E-state index in [9.17, 15) is 4.79 Å². The molecule has 0 atom stereocenters. The van der Waals surface area contributed by atoms with Crippen LogP contribution < -0.4 is 5.32 Å². The molecular formula is C13H14ClN3OS2. The van der Waals surface area contributed by atoms with Crippen LogP contribution in [0.5, 0.6) is 0 Å². The molecule has 0 bridgehead atoms. The van der Waals surface area contributed by atoms with Crippen molar-refractivity contribution in [1.29, 1.82) is 0 Å². The van der Waals surface area contributed by atoms with Crippen LogP contribution in [0.3, 0.4) is 0 Å². The molecule has 0 saturated heterocycles. The molecule has 2 aromatic rings. The summed E-state index contributed by atoms with van der Waals surface area (Å²) in [6.07, 6.45) is 0.291. The highest BCUT2D eigenvalue weighted by Crippen LogP contribution is 2.22. The molecule has 1 N–H and O–H groups in total. The van der Waals surface area contributed by atoms with Crippen LogP contribution in [0.1, 0.15) is 17.0 Å². The highest BCUT2D eigenvalue weighted by atomic mass is 35.5. The van der Waals surface area contributed by atoms with Crippen molar-refractivity contribution in [3.63, 3.8) is 0 Å². The van der Waals surface area contributed by atoms with E-state index in [1.54, 1.807) is 11.8 Å². The zero-order valence-electron chi connectivity index (χ0n) is 10.7. The fraction of sp³-hybridized carbons (Fsp3) is 0.308. The number of thioether (sulfide) groups is 1. The van der Waals surface area contributed by atoms with E-state index >= 15 is 0 Å². The molecule has 0 aliphatic heterocycles. The summed E-state index contributed by atoms with van der Waals surface area (Å²) in [5.41, 5.74) is 1.29. The van der Waals surface area contributed by atoms with Crippen LogP contribution in [0.25, 0.3) is 0 Å². The summed E-state index contributed by atoms with van der Waals surface area (Å²) < 4.78 is 0. The highest BCUT2D eigenvalue weighted by molar-refractivity contribution is 7.97. The van der Waals surface area contributed by atoms with Crippen LogP contribution in [0, 0.1) is 0 Å². The van der Waals surface area contributed by atoms with Crippen LogP contribution in [0.15, 0.2) is 30.3 Å². The van der Waals surface area contributed by atoms with Crippen LogP contribution >= 0.6 is 34.7 Å². The summed E-state index contributed by atoms with van der Waals surface area (Å²) in [5.74, 6) is 1.91. The van der Waals surface area contributed by atoms with Gasteiger partial charge in [-0.15, -0.1) is 33.6 Å². The van der Waals surface area contributed by atoms with E-state index in [2.05, 4.69) is 27.6 Å². The summed E-state index contributed by atoms with van der Waals surface area (Å²) in [6.45, 7) is 0. The molecule has 0 unspecified atom stereocenters. The minimum atomic E-state index is -0.125. The van der Waals surface area contributed by atoms with Gasteiger partial charge in [0.15, 0.2) is 0 Å². The van der Waals surface area contributed by atoms with E-state index in [0.29, 0.717) is 17.4 Å². The van der Waals surface area contributed by atoms with Crippen molar-refractivity contribution < 1.29 is 4.79 Å². The number of rotatable bonds is 7. The summed E-state index contributed by atoms with van der Waals surface area (Å²) in [6, 6.07) is 10.3. The molecule has 0 radical (unpaired) electrons. The van der Waals surface area contributed by atoms with Gasteiger partial charge in [-0.1, -0.05) is 41.7 Å². The fourth-order valence-electron chi connectivity index (χ4n) is 1.46. The van der Waals surface area contributed by atoms with Gasteiger partial charge >= 0.3 is 0 Å². The third kappa shape index (κ3) is 5.11. The lowest BCUT2D eigenvalue weighted by Crippen LogP contribution is -2.11. The molecule has 1 aromatic heterocycles. The third-order valence-corrected chi connectivity index (χ3v) is 4.60. The van der Waals surface area contributed by atoms with Crippen molar-refractivity contribution in [3.8, 4) is 0 Å². The smallest absolute Gasteiger partial charge is 0.227 e. The normalized spacial score (nSPS) is 10.4. The summed E-state index contributed by atoms with van der Waals surface area (Å²) in [7, 11) is 0. The Bertz CT molecular complexity index is 548. The molecule has 4 nitrogen and oxygen atoms in total. The number of hydrogen-bond donors (Lipinski definition) is 1. The van der Waals surface area contributed by atoms with Gasteiger partial charge in [0.2, 0.25) is 11.0 Å². The SMILES string of the molecule is O=C(CCCl)Nc1nnc(CSCc2ccccc2)s1. The standard InChI is InChI=1S/C13H14ClN3OS2/c14-7-6-11(18)15-13-17-16-12(20-13)9-19-8-10-4-2-1-3-5-10/h1-5H,6-9H2,(H,15,17,18). The van der Waals surface area contributed by atoms with Gasteiger partial charge < -0.3 is 5.32 Å². The van der Waals surface area contributed by atoms with Crippen molar-refractivity contribution in [2.45, 2.75) is 17.9 Å². The van der Waals surface area contributed by atoms with Crippen LogP contribution in [0.4, 0.5) is 5.13 Å². The van der Waals surface area contributed by atoms with Gasteiger partial charge in [0.25, 0.3) is 0 Å². The Balaban J connectivity index is 1.77. The Labute approximate surface area is 130 Å². The molecular weight excluding hydrogens is 314 g/mol. The second kappa shape index (κ2) is 8.24. The maximum atomic E-state index is 11.4. The topological polar surface area (TPSA) is 54.9 Å². The van der Waals surface area contributed by atoms with Gasteiger partial charge in [0.05, 0.1) is 0 Å². The first-order valence-corrected chi connectivity index (χ1v) is 8.58. The Morgan fingerprint density at radius 1 is 1.25 bits per heavy atom. The van der Waals surface area contributed by atoms with Gasteiger partial charge in [-0.25, -0.2) is 0 Å². The van der Waals surface area contributed by atoms with E-state index in [-0.39, 0.29) is 5.91 Å². The van der Waals surface area contributed by atoms with Gasteiger partial charge in [-0.2, -0.15) is 0 Å². The highest BCUT2D eigenvalue weighted by Gasteiger charge is 2.07. The van der Waals surface area contributed by atoms with E-state index < -0.39 is 0 Å². The van der Waals surface area contributed by atoms with Crippen molar-refractivity contribution >= 4 is 45.7 Å². The lowest BCUT2D eigenvalue weighted by atomic mass is 10.2. The van der Waals surface area contributed by atoms with E-state index in [4.69, 9.17) is 11.6 Å². The van der Waals surface area contributed by atoms with Gasteiger partial charge in [-0.3, -0.25) is 4.79 Å². The Morgan fingerprint density at radius 2 is 2.05 bits per heavy atom. The monoisotopic (exact) mass is 327 g/mol. The number of hydrogen-bond acceptors (Lipinski definition) is 5. The maximum Gasteiger partial charge on any atom is 0.227 e. The zero-order chi connectivity index (χ0) is 14.2. The summed E-state index contributed by atoms with van der Waals surface area (Å²) >= 11 is 8.68. The number of nitrogens with one attached hydrogen (secondary N) is 1. The quantitative estimate of drug-likeness (QED) is 0.790. The number of carbonyl (C=O) groups excluding carboxylic acids is 1. The number of halogens is 1. The molecule has 2 rings (SSSR count). The van der Waals surface area contributed by atoms with Crippen molar-refractivity contribution in [3.05, 3.63) is 40.9 Å². The lowest BCUT2D eigenvalue weighted by Gasteiger charge is -1.99. The second-order valence-electron chi connectivity index (χ2n) is 3.97. The molecule has 106 valence electrons. The van der Waals surface area contributed by atoms with Crippen molar-refractivity contribution in [1.82, 2.24) is 10.2 Å². The summed E-state index contributed by atoms with van der Waals surface area (Å²) in [5, 5.41) is 12.1. The van der Waals surface area contributed by atoms with E-state index in [1.165, 1.54) is 16.9 Å². The van der Waals surface area contributed by atoms with E-state index in [1.807, 2.05) is 18.2 Å². The first kappa shape index (κ1) is 15.3. The molecule has 0 spiro atoms. The number of anilines is 1. The van der Waals surface area contributed by atoms with Crippen LogP contribution in [0.2, 0.25) is 0 Å². The molecule has 0 fully saturated rings. The number of alkyl halides is 1. The van der Waals surface area contributed by atoms with E-state index in [0.717, 1.165) is 16.5 Å². The molecule has 0 saturated carbocycles. The molecule has 1 heterocycles. The minimum absolute atomic E-state index is 0.125. The average Bonchev–Trinajstić information content (AvgIpc) is 2.88. The van der Waals surface area contributed by atoms with Crippen molar-refractivity contribution in [2.75, 3.05) is 11.2 Å². The first-order valence-electron chi connectivity index (χ1n) is 6.08. The number of benzene rings is 1. The predicted molar refractivity (Wildman–Crippen MR) is 85.3 cm³/mol. The zero-order valence-corrected chi connectivity index (χ0v) is 13.1. The Kier molecular flexibility index (Phi) is 6.29. The Hall–Kier alpha value is -1.11. The first-order chi connectivity index (χ1) is 9.78. The number of aromatic nitrogens is 2. The summed E-state index contributed by atoms with van der Waals surface area (Å²) in [4.78, 5) is 11.4. The van der Waals surface area contributed by atoms with Gasteiger partial charge in [0.1, 0.15) is 5.01 Å². The number of carbonyl (C=O) groups is 1. The second-order valence-corrected chi connectivity index (χ2v) is 6.39. The molecule has 1 aromatic carbocycles. The third-order valence-electron chi connectivity index (χ3n) is 2.37. The fourth-order valence-corrected chi connectivity index (χ4v) is 3.43. The molecule has 0 aliphatic rings. The number of nitrogens with zero attached hydrogens (tertiary/aromatic N) is 2. The van der Waals surface area contributed by atoms with Gasteiger partial charge in [0, 0.05) is 23.8 Å². The van der Waals surface area contributed by atoms with Crippen LogP contribution in [-0.2, 0) is 16.3 Å². The number of amides is 1. The maximum absolute atomic E-state index is 11.4.